The highest BCUT2D eigenvalue weighted by atomic mass is 16.5. The SMILES string of the molecule is CC(CC#N)Cc1nc(C2CN3CCN2CC3)no1. The molecule has 102 valence electrons. The van der Waals surface area contributed by atoms with E-state index in [4.69, 9.17) is 9.78 Å². The van der Waals surface area contributed by atoms with Gasteiger partial charge in [-0.15, -0.1) is 0 Å². The molecule has 0 radical (unpaired) electrons. The second-order valence-corrected chi connectivity index (χ2v) is 5.57. The third kappa shape index (κ3) is 2.62. The number of hydrogen-bond acceptors (Lipinski definition) is 6. The standard InChI is InChI=1S/C13H19N5O/c1-10(2-3-14)8-12-15-13(16-19-12)11-9-17-4-6-18(11)7-5-17/h10-11H,2,4-9H2,1H3. The van der Waals surface area contributed by atoms with Crippen LogP contribution in [0, 0.1) is 17.2 Å². The topological polar surface area (TPSA) is 69.2 Å². The lowest BCUT2D eigenvalue weighted by atomic mass is 10.1. The van der Waals surface area contributed by atoms with Crippen molar-refractivity contribution in [3.05, 3.63) is 11.7 Å². The third-order valence-corrected chi connectivity index (χ3v) is 4.02. The molecule has 0 aromatic carbocycles. The van der Waals surface area contributed by atoms with Crippen molar-refractivity contribution in [1.29, 1.82) is 5.26 Å². The number of rotatable bonds is 4. The van der Waals surface area contributed by atoms with Crippen LogP contribution in [0.2, 0.25) is 0 Å². The molecule has 3 aliphatic heterocycles. The third-order valence-electron chi connectivity index (χ3n) is 4.02. The normalized spacial score (nSPS) is 31.1. The molecule has 19 heavy (non-hydrogen) atoms. The molecule has 3 aliphatic rings. The summed E-state index contributed by atoms with van der Waals surface area (Å²) in [4.78, 5) is 9.41. The molecule has 3 fully saturated rings. The van der Waals surface area contributed by atoms with Gasteiger partial charge in [0.15, 0.2) is 5.82 Å². The quantitative estimate of drug-likeness (QED) is 0.799. The lowest BCUT2D eigenvalue weighted by Crippen LogP contribution is -2.57. The Labute approximate surface area is 113 Å². The van der Waals surface area contributed by atoms with Gasteiger partial charge in [-0.25, -0.2) is 0 Å². The Bertz CT molecular complexity index is 472. The van der Waals surface area contributed by atoms with Crippen molar-refractivity contribution in [2.24, 2.45) is 5.92 Å². The first-order valence-electron chi connectivity index (χ1n) is 6.92. The fourth-order valence-corrected chi connectivity index (χ4v) is 2.87. The number of fused-ring (bicyclic) bond motifs is 3. The van der Waals surface area contributed by atoms with Crippen molar-refractivity contribution in [3.63, 3.8) is 0 Å². The molecule has 0 N–H and O–H groups in total. The molecule has 1 aromatic rings. The van der Waals surface area contributed by atoms with Crippen molar-refractivity contribution in [1.82, 2.24) is 19.9 Å². The van der Waals surface area contributed by atoms with E-state index in [0.717, 1.165) is 38.5 Å². The molecule has 0 saturated carbocycles. The van der Waals surface area contributed by atoms with Gasteiger partial charge in [0.2, 0.25) is 5.89 Å². The highest BCUT2D eigenvalue weighted by molar-refractivity contribution is 5.01. The summed E-state index contributed by atoms with van der Waals surface area (Å²) in [6.07, 6.45) is 1.22. The Morgan fingerprint density at radius 3 is 2.84 bits per heavy atom. The largest absolute Gasteiger partial charge is 0.339 e. The molecule has 0 spiro atoms. The lowest BCUT2D eigenvalue weighted by molar-refractivity contribution is 0.00781. The predicted molar refractivity (Wildman–Crippen MR) is 68.2 cm³/mol. The van der Waals surface area contributed by atoms with Crippen LogP contribution in [0.3, 0.4) is 0 Å². The second kappa shape index (κ2) is 5.27. The molecule has 1 aromatic heterocycles. The smallest absolute Gasteiger partial charge is 0.227 e. The van der Waals surface area contributed by atoms with Crippen LogP contribution >= 0.6 is 0 Å². The number of piperazine rings is 3. The summed E-state index contributed by atoms with van der Waals surface area (Å²) < 4.78 is 5.33. The molecule has 0 aliphatic carbocycles. The molecule has 6 nitrogen and oxygen atoms in total. The van der Waals surface area contributed by atoms with Crippen LogP contribution in [0.4, 0.5) is 0 Å². The van der Waals surface area contributed by atoms with Crippen LogP contribution in [0.5, 0.6) is 0 Å². The Hall–Kier alpha value is -1.45. The summed E-state index contributed by atoms with van der Waals surface area (Å²) in [5.41, 5.74) is 0. The molecular formula is C13H19N5O. The molecule has 2 unspecified atom stereocenters. The molecule has 2 bridgehead atoms. The average molecular weight is 261 g/mol. The van der Waals surface area contributed by atoms with Crippen molar-refractivity contribution >= 4 is 0 Å². The summed E-state index contributed by atoms with van der Waals surface area (Å²) >= 11 is 0. The summed E-state index contributed by atoms with van der Waals surface area (Å²) in [7, 11) is 0. The van der Waals surface area contributed by atoms with Crippen LogP contribution in [0.25, 0.3) is 0 Å². The van der Waals surface area contributed by atoms with Gasteiger partial charge in [0, 0.05) is 45.6 Å². The van der Waals surface area contributed by atoms with E-state index >= 15 is 0 Å². The van der Waals surface area contributed by atoms with Gasteiger partial charge in [-0.1, -0.05) is 12.1 Å². The summed E-state index contributed by atoms with van der Waals surface area (Å²) in [5, 5.41) is 12.8. The molecule has 0 amide bonds. The summed E-state index contributed by atoms with van der Waals surface area (Å²) in [6, 6.07) is 2.46. The first kappa shape index (κ1) is 12.6. The van der Waals surface area contributed by atoms with Gasteiger partial charge in [0.05, 0.1) is 12.1 Å². The maximum absolute atomic E-state index is 8.67. The number of nitriles is 1. The van der Waals surface area contributed by atoms with Crippen LogP contribution in [0.15, 0.2) is 4.52 Å². The summed E-state index contributed by atoms with van der Waals surface area (Å²) in [6.45, 7) is 7.54. The maximum Gasteiger partial charge on any atom is 0.227 e. The molecular weight excluding hydrogens is 242 g/mol. The fourth-order valence-electron chi connectivity index (χ4n) is 2.87. The van der Waals surface area contributed by atoms with Gasteiger partial charge in [0.1, 0.15) is 0 Å². The van der Waals surface area contributed by atoms with Crippen molar-refractivity contribution in [2.45, 2.75) is 25.8 Å². The fraction of sp³-hybridized carbons (Fsp3) is 0.769. The van der Waals surface area contributed by atoms with E-state index in [1.165, 1.54) is 0 Å². The minimum absolute atomic E-state index is 0.269. The van der Waals surface area contributed by atoms with Gasteiger partial charge < -0.3 is 4.52 Å². The Morgan fingerprint density at radius 1 is 1.42 bits per heavy atom. The van der Waals surface area contributed by atoms with E-state index in [-0.39, 0.29) is 12.0 Å². The second-order valence-electron chi connectivity index (χ2n) is 5.57. The number of nitrogens with zero attached hydrogens (tertiary/aromatic N) is 5. The zero-order chi connectivity index (χ0) is 13.2. The van der Waals surface area contributed by atoms with E-state index in [9.17, 15) is 0 Å². The predicted octanol–water partition coefficient (Wildman–Crippen LogP) is 0.834. The van der Waals surface area contributed by atoms with E-state index in [1.807, 2.05) is 6.92 Å². The Balaban J connectivity index is 1.66. The molecule has 6 heteroatoms. The monoisotopic (exact) mass is 261 g/mol. The highest BCUT2D eigenvalue weighted by Crippen LogP contribution is 2.27. The van der Waals surface area contributed by atoms with Crippen LogP contribution in [-0.4, -0.2) is 52.7 Å². The van der Waals surface area contributed by atoms with E-state index in [2.05, 4.69) is 26.0 Å². The van der Waals surface area contributed by atoms with Gasteiger partial charge in [0.25, 0.3) is 0 Å². The molecule has 4 heterocycles. The highest BCUT2D eigenvalue weighted by Gasteiger charge is 2.35. The molecule has 3 saturated heterocycles. The minimum Gasteiger partial charge on any atom is -0.339 e. The van der Waals surface area contributed by atoms with Gasteiger partial charge in [-0.05, 0) is 5.92 Å². The zero-order valence-electron chi connectivity index (χ0n) is 11.2. The van der Waals surface area contributed by atoms with Gasteiger partial charge in [-0.2, -0.15) is 10.2 Å². The zero-order valence-corrected chi connectivity index (χ0v) is 11.2. The van der Waals surface area contributed by atoms with Crippen molar-refractivity contribution < 1.29 is 4.52 Å². The minimum atomic E-state index is 0.269. The number of hydrogen-bond donors (Lipinski definition) is 0. The molecule has 4 rings (SSSR count). The average Bonchev–Trinajstić information content (AvgIpc) is 2.88. The maximum atomic E-state index is 8.67. The Morgan fingerprint density at radius 2 is 2.21 bits per heavy atom. The first-order valence-corrected chi connectivity index (χ1v) is 6.92. The first-order chi connectivity index (χ1) is 9.26. The van der Waals surface area contributed by atoms with E-state index in [0.29, 0.717) is 18.7 Å². The van der Waals surface area contributed by atoms with E-state index < -0.39 is 0 Å². The van der Waals surface area contributed by atoms with Crippen molar-refractivity contribution in [3.8, 4) is 6.07 Å². The summed E-state index contributed by atoms with van der Waals surface area (Å²) in [5.74, 6) is 1.74. The number of aromatic nitrogens is 2. The molecule has 2 atom stereocenters. The van der Waals surface area contributed by atoms with Crippen molar-refractivity contribution in [2.75, 3.05) is 32.7 Å². The van der Waals surface area contributed by atoms with Crippen LogP contribution < -0.4 is 0 Å². The van der Waals surface area contributed by atoms with Crippen LogP contribution in [-0.2, 0) is 6.42 Å². The lowest BCUT2D eigenvalue weighted by Gasteiger charge is -2.46. The van der Waals surface area contributed by atoms with E-state index in [1.54, 1.807) is 0 Å². The van der Waals surface area contributed by atoms with Gasteiger partial charge in [-0.3, -0.25) is 9.80 Å². The van der Waals surface area contributed by atoms with Crippen LogP contribution in [0.1, 0.15) is 31.1 Å². The van der Waals surface area contributed by atoms with Gasteiger partial charge >= 0.3 is 0 Å². The Kier molecular flexibility index (Phi) is 3.49.